The molecule has 4 rings (SSSR count). The van der Waals surface area contributed by atoms with Crippen molar-refractivity contribution in [2.45, 2.75) is 6.42 Å². The smallest absolute Gasteiger partial charge is 0.335 e. The molecule has 0 atom stereocenters. The molecule has 0 unspecified atom stereocenters. The molecule has 2 aromatic carbocycles. The summed E-state index contributed by atoms with van der Waals surface area (Å²) < 4.78 is 10.9. The molecule has 162 valence electrons. The summed E-state index contributed by atoms with van der Waals surface area (Å²) >= 11 is 12.6. The lowest BCUT2D eigenvalue weighted by Crippen LogP contribution is -2.03. The van der Waals surface area contributed by atoms with Crippen molar-refractivity contribution in [1.29, 1.82) is 0 Å². The highest BCUT2D eigenvalue weighted by molar-refractivity contribution is 6.35. The van der Waals surface area contributed by atoms with Crippen molar-refractivity contribution >= 4 is 39.9 Å². The second-order valence-electron chi connectivity index (χ2n) is 6.89. The summed E-state index contributed by atoms with van der Waals surface area (Å²) in [5, 5.41) is 20.7. The maximum atomic E-state index is 11.5. The highest BCUT2D eigenvalue weighted by Crippen LogP contribution is 2.37. The Morgan fingerprint density at radius 1 is 0.969 bits per heavy atom. The molecule has 0 saturated carbocycles. The number of aromatic carboxylic acids is 1. The van der Waals surface area contributed by atoms with Crippen LogP contribution >= 0.6 is 23.2 Å². The fraction of sp³-hybridized carbons (Fsp3) is 0.130. The van der Waals surface area contributed by atoms with Gasteiger partial charge in [0, 0.05) is 35.2 Å². The number of aromatic nitrogens is 3. The number of benzene rings is 2. The molecule has 0 bridgehead atoms. The number of halogens is 2. The van der Waals surface area contributed by atoms with Gasteiger partial charge in [-0.25, -0.2) is 4.79 Å². The van der Waals surface area contributed by atoms with Gasteiger partial charge in [0.25, 0.3) is 0 Å². The van der Waals surface area contributed by atoms with Crippen molar-refractivity contribution in [3.8, 4) is 22.8 Å². The molecule has 0 amide bonds. The van der Waals surface area contributed by atoms with Crippen LogP contribution in [0.25, 0.3) is 22.0 Å². The summed E-state index contributed by atoms with van der Waals surface area (Å²) in [6.07, 6.45) is 3.39. The highest BCUT2D eigenvalue weighted by atomic mass is 35.5. The third-order valence-corrected chi connectivity index (χ3v) is 5.71. The molecule has 0 saturated heterocycles. The van der Waals surface area contributed by atoms with Gasteiger partial charge in [0.15, 0.2) is 0 Å². The third-order valence-electron chi connectivity index (χ3n) is 5.06. The summed E-state index contributed by atoms with van der Waals surface area (Å²) in [7, 11) is 3.08. The van der Waals surface area contributed by atoms with Crippen LogP contribution < -0.4 is 9.47 Å². The first-order valence-electron chi connectivity index (χ1n) is 9.45. The zero-order valence-corrected chi connectivity index (χ0v) is 18.6. The second kappa shape index (κ2) is 8.98. The van der Waals surface area contributed by atoms with E-state index in [1.807, 2.05) is 18.2 Å². The number of hydrogen-bond acceptors (Lipinski definition) is 6. The van der Waals surface area contributed by atoms with Gasteiger partial charge < -0.3 is 14.6 Å². The minimum Gasteiger partial charge on any atom is -0.497 e. The fourth-order valence-electron chi connectivity index (χ4n) is 3.45. The molecule has 0 radical (unpaired) electrons. The number of carbonyl (C=O) groups is 1. The monoisotopic (exact) mass is 469 g/mol. The van der Waals surface area contributed by atoms with E-state index in [4.69, 9.17) is 32.7 Å². The van der Waals surface area contributed by atoms with E-state index in [0.29, 0.717) is 50.5 Å². The number of nitrogens with zero attached hydrogens (tertiary/aromatic N) is 3. The average Bonchev–Trinajstić information content (AvgIpc) is 2.80. The molecular formula is C23H17Cl2N3O4. The predicted molar refractivity (Wildman–Crippen MR) is 122 cm³/mol. The van der Waals surface area contributed by atoms with Crippen molar-refractivity contribution in [2.24, 2.45) is 0 Å². The Balaban J connectivity index is 1.96. The molecule has 9 heteroatoms. The molecule has 2 heterocycles. The highest BCUT2D eigenvalue weighted by Gasteiger charge is 2.19. The number of methoxy groups -OCH3 is 2. The Bertz CT molecular complexity index is 1320. The normalized spacial score (nSPS) is 10.9. The average molecular weight is 470 g/mol. The molecule has 0 aliphatic rings. The van der Waals surface area contributed by atoms with Crippen LogP contribution in [0.4, 0.5) is 0 Å². The lowest BCUT2D eigenvalue weighted by molar-refractivity contribution is 0.0697. The Hall–Kier alpha value is -3.42. The van der Waals surface area contributed by atoms with Crippen molar-refractivity contribution < 1.29 is 19.4 Å². The minimum atomic E-state index is -1.05. The van der Waals surface area contributed by atoms with E-state index in [2.05, 4.69) is 15.2 Å². The summed E-state index contributed by atoms with van der Waals surface area (Å²) in [5.41, 5.74) is 2.42. The Labute approximate surface area is 193 Å². The predicted octanol–water partition coefficient (Wildman–Crippen LogP) is 5.30. The van der Waals surface area contributed by atoms with Crippen molar-refractivity contribution in [3.05, 3.63) is 75.7 Å². The van der Waals surface area contributed by atoms with E-state index in [-0.39, 0.29) is 5.56 Å². The van der Waals surface area contributed by atoms with Crippen molar-refractivity contribution in [2.75, 3.05) is 14.2 Å². The van der Waals surface area contributed by atoms with E-state index in [1.54, 1.807) is 13.2 Å². The number of rotatable bonds is 6. The van der Waals surface area contributed by atoms with E-state index in [9.17, 15) is 9.90 Å². The third kappa shape index (κ3) is 4.04. The zero-order chi connectivity index (χ0) is 22.8. The van der Waals surface area contributed by atoms with Gasteiger partial charge in [0.2, 0.25) is 0 Å². The van der Waals surface area contributed by atoms with Crippen LogP contribution in [0.1, 0.15) is 21.6 Å². The van der Waals surface area contributed by atoms with Crippen molar-refractivity contribution in [1.82, 2.24) is 15.2 Å². The molecule has 32 heavy (non-hydrogen) atoms. The van der Waals surface area contributed by atoms with Crippen LogP contribution in [0, 0.1) is 0 Å². The first kappa shape index (κ1) is 21.8. The topological polar surface area (TPSA) is 94.4 Å². The first-order valence-corrected chi connectivity index (χ1v) is 10.2. The van der Waals surface area contributed by atoms with E-state index < -0.39 is 5.97 Å². The summed E-state index contributed by atoms with van der Waals surface area (Å²) in [6, 6.07) is 10.1. The summed E-state index contributed by atoms with van der Waals surface area (Å²) in [4.78, 5) is 15.5. The van der Waals surface area contributed by atoms with Gasteiger partial charge in [0.1, 0.15) is 17.2 Å². The molecule has 7 nitrogen and oxygen atoms in total. The van der Waals surface area contributed by atoms with Gasteiger partial charge in [-0.3, -0.25) is 4.98 Å². The maximum absolute atomic E-state index is 11.5. The molecule has 4 aromatic rings. The van der Waals surface area contributed by atoms with Crippen LogP contribution in [0.3, 0.4) is 0 Å². The van der Waals surface area contributed by atoms with Crippen LogP contribution in [0.5, 0.6) is 11.5 Å². The lowest BCUT2D eigenvalue weighted by atomic mass is 9.98. The molecular weight excluding hydrogens is 453 g/mol. The Morgan fingerprint density at radius 2 is 1.72 bits per heavy atom. The van der Waals surface area contributed by atoms with Crippen LogP contribution in [0.2, 0.25) is 10.0 Å². The number of carboxylic acids is 1. The van der Waals surface area contributed by atoms with Gasteiger partial charge in [-0.2, -0.15) is 5.10 Å². The standard InChI is InChI=1S/C23H17Cl2N3O4/c1-31-13-4-5-14-15(8-13)22(17-7-12(23(29)30)3-6-21(17)32-2)28-27-20(14)9-16-18(24)10-26-11-19(16)25/h3-8,10-11H,9H2,1-2H3,(H,29,30). The van der Waals surface area contributed by atoms with Crippen LogP contribution in [-0.4, -0.2) is 40.5 Å². The van der Waals surface area contributed by atoms with E-state index >= 15 is 0 Å². The molecule has 0 aliphatic heterocycles. The van der Waals surface area contributed by atoms with Crippen LogP contribution in [0.15, 0.2) is 48.8 Å². The largest absolute Gasteiger partial charge is 0.497 e. The first-order chi connectivity index (χ1) is 15.4. The molecule has 0 fully saturated rings. The number of pyridine rings is 1. The molecule has 0 spiro atoms. The minimum absolute atomic E-state index is 0.109. The summed E-state index contributed by atoms with van der Waals surface area (Å²) in [5.74, 6) is 0.0368. The number of carboxylic acid groups (broad SMARTS) is 1. The Morgan fingerprint density at radius 3 is 2.38 bits per heavy atom. The SMILES string of the molecule is COc1ccc2c(Cc3c(Cl)cncc3Cl)nnc(-c3cc(C(=O)O)ccc3OC)c2c1. The second-order valence-corrected chi connectivity index (χ2v) is 7.70. The zero-order valence-electron chi connectivity index (χ0n) is 17.1. The number of ether oxygens (including phenoxy) is 2. The molecule has 1 N–H and O–H groups in total. The molecule has 0 aliphatic carbocycles. The van der Waals surface area contributed by atoms with Gasteiger partial charge in [-0.1, -0.05) is 23.2 Å². The van der Waals surface area contributed by atoms with Crippen LogP contribution in [-0.2, 0) is 6.42 Å². The van der Waals surface area contributed by atoms with E-state index in [1.165, 1.54) is 31.6 Å². The summed E-state index contributed by atoms with van der Waals surface area (Å²) in [6.45, 7) is 0. The van der Waals surface area contributed by atoms with E-state index in [0.717, 1.165) is 10.8 Å². The van der Waals surface area contributed by atoms with Gasteiger partial charge in [-0.15, -0.1) is 5.10 Å². The van der Waals surface area contributed by atoms with Gasteiger partial charge in [-0.05, 0) is 42.0 Å². The Kier molecular flexibility index (Phi) is 6.12. The van der Waals surface area contributed by atoms with Crippen molar-refractivity contribution in [3.63, 3.8) is 0 Å². The quantitative estimate of drug-likeness (QED) is 0.408. The maximum Gasteiger partial charge on any atom is 0.335 e. The molecule has 2 aromatic heterocycles. The van der Waals surface area contributed by atoms with Gasteiger partial charge in [0.05, 0.1) is 35.5 Å². The number of hydrogen-bond donors (Lipinski definition) is 1. The number of fused-ring (bicyclic) bond motifs is 1. The van der Waals surface area contributed by atoms with Gasteiger partial charge >= 0.3 is 5.97 Å². The lowest BCUT2D eigenvalue weighted by Gasteiger charge is -2.14. The fourth-order valence-corrected chi connectivity index (χ4v) is 3.94.